The molecule has 6 aromatic rings. The van der Waals surface area contributed by atoms with E-state index < -0.39 is 0 Å². The van der Waals surface area contributed by atoms with Crippen LogP contribution in [0, 0.1) is 13.8 Å². The second-order valence-corrected chi connectivity index (χ2v) is 7.59. The van der Waals surface area contributed by atoms with Crippen molar-refractivity contribution >= 4 is 33.0 Å². The lowest BCUT2D eigenvalue weighted by Gasteiger charge is -2.08. The third-order valence-electron chi connectivity index (χ3n) is 5.61. The monoisotopic (exact) mass is 390 g/mol. The number of nitrogens with zero attached hydrogens (tertiary/aromatic N) is 2. The number of hydrogen-bond acceptors (Lipinski definition) is 4. The molecule has 0 spiro atoms. The van der Waals surface area contributed by atoms with Crippen molar-refractivity contribution < 1.29 is 8.83 Å². The lowest BCUT2D eigenvalue weighted by Crippen LogP contribution is -1.88. The molecule has 0 fully saturated rings. The molecule has 2 aromatic heterocycles. The Kier molecular flexibility index (Phi) is 3.56. The summed E-state index contributed by atoms with van der Waals surface area (Å²) in [7, 11) is 0. The van der Waals surface area contributed by atoms with Gasteiger partial charge in [0, 0.05) is 0 Å². The topological polar surface area (TPSA) is 52.1 Å². The van der Waals surface area contributed by atoms with Crippen LogP contribution < -0.4 is 0 Å². The number of rotatable bonds is 2. The Morgan fingerprint density at radius 2 is 1.23 bits per heavy atom. The summed E-state index contributed by atoms with van der Waals surface area (Å²) in [6, 6.07) is 24.3. The highest BCUT2D eigenvalue weighted by Gasteiger charge is 2.21. The Labute approximate surface area is 172 Å². The quantitative estimate of drug-likeness (QED) is 0.317. The minimum Gasteiger partial charge on any atom is -0.436 e. The van der Waals surface area contributed by atoms with Crippen molar-refractivity contribution in [2.75, 3.05) is 0 Å². The highest BCUT2D eigenvalue weighted by atomic mass is 16.4. The van der Waals surface area contributed by atoms with Gasteiger partial charge in [-0.1, -0.05) is 54.6 Å². The molecule has 4 heteroatoms. The van der Waals surface area contributed by atoms with E-state index in [2.05, 4.69) is 18.2 Å². The second-order valence-electron chi connectivity index (χ2n) is 7.59. The van der Waals surface area contributed by atoms with Crippen molar-refractivity contribution in [2.24, 2.45) is 0 Å². The van der Waals surface area contributed by atoms with Crippen LogP contribution in [0.5, 0.6) is 0 Å². The number of para-hydroxylation sites is 2. The summed E-state index contributed by atoms with van der Waals surface area (Å²) in [4.78, 5) is 9.66. The first-order valence-electron chi connectivity index (χ1n) is 9.94. The predicted octanol–water partition coefficient (Wildman–Crippen LogP) is 7.07. The second kappa shape index (κ2) is 6.29. The van der Waals surface area contributed by atoms with Crippen LogP contribution in [0.25, 0.3) is 55.9 Å². The highest BCUT2D eigenvalue weighted by Crippen LogP contribution is 2.40. The molecule has 0 saturated carbocycles. The Morgan fingerprint density at radius 1 is 0.600 bits per heavy atom. The molecule has 0 saturated heterocycles. The fourth-order valence-electron chi connectivity index (χ4n) is 4.07. The zero-order valence-electron chi connectivity index (χ0n) is 16.6. The van der Waals surface area contributed by atoms with Gasteiger partial charge in [0.25, 0.3) is 0 Å². The molecule has 0 aliphatic rings. The fraction of sp³-hybridized carbons (Fsp3) is 0.0769. The van der Waals surface area contributed by atoms with Crippen LogP contribution in [0.1, 0.15) is 11.1 Å². The van der Waals surface area contributed by atoms with Crippen LogP contribution in [-0.4, -0.2) is 9.97 Å². The van der Waals surface area contributed by atoms with Crippen molar-refractivity contribution in [2.45, 2.75) is 13.8 Å². The predicted molar refractivity (Wildman–Crippen MR) is 119 cm³/mol. The molecule has 4 aromatic carbocycles. The van der Waals surface area contributed by atoms with Crippen LogP contribution >= 0.6 is 0 Å². The lowest BCUT2D eigenvalue weighted by atomic mass is 9.98. The van der Waals surface area contributed by atoms with E-state index in [1.807, 2.05) is 68.4 Å². The normalized spacial score (nSPS) is 11.7. The average molecular weight is 390 g/mol. The van der Waals surface area contributed by atoms with Crippen LogP contribution in [0.2, 0.25) is 0 Å². The van der Waals surface area contributed by atoms with Gasteiger partial charge in [0.15, 0.2) is 11.2 Å². The molecule has 30 heavy (non-hydrogen) atoms. The van der Waals surface area contributed by atoms with Crippen LogP contribution in [0.4, 0.5) is 0 Å². The molecule has 6 rings (SSSR count). The largest absolute Gasteiger partial charge is 0.436 e. The van der Waals surface area contributed by atoms with Gasteiger partial charge in [0.05, 0.1) is 11.1 Å². The molecule has 0 aliphatic carbocycles. The molecule has 0 amide bonds. The molecule has 0 unspecified atom stereocenters. The van der Waals surface area contributed by atoms with Crippen LogP contribution in [0.15, 0.2) is 81.6 Å². The van der Waals surface area contributed by atoms with Crippen molar-refractivity contribution in [3.63, 3.8) is 0 Å². The molecule has 0 aliphatic heterocycles. The maximum atomic E-state index is 6.22. The third kappa shape index (κ3) is 2.47. The Hall–Kier alpha value is -3.92. The zero-order chi connectivity index (χ0) is 20.2. The summed E-state index contributed by atoms with van der Waals surface area (Å²) in [5.74, 6) is 1.14. The summed E-state index contributed by atoms with van der Waals surface area (Å²) < 4.78 is 12.4. The molecular formula is C26H18N2O2. The summed E-state index contributed by atoms with van der Waals surface area (Å²) in [5, 5.41) is 2.17. The van der Waals surface area contributed by atoms with Crippen molar-refractivity contribution in [3.05, 3.63) is 83.9 Å². The SMILES string of the molecule is Cc1cccc2oc(-c3ccc4ccccc4c3-c3nc4c(C)cccc4o3)nc12. The summed E-state index contributed by atoms with van der Waals surface area (Å²) in [6.45, 7) is 4.09. The molecule has 0 bridgehead atoms. The lowest BCUT2D eigenvalue weighted by molar-refractivity contribution is 0.612. The summed E-state index contributed by atoms with van der Waals surface area (Å²) in [5.41, 5.74) is 7.24. The number of benzene rings is 4. The van der Waals surface area contributed by atoms with E-state index in [0.29, 0.717) is 11.8 Å². The molecule has 0 radical (unpaired) electrons. The van der Waals surface area contributed by atoms with E-state index >= 15 is 0 Å². The molecule has 0 atom stereocenters. The standard InChI is InChI=1S/C26H18N2O2/c1-15-7-5-11-20-23(15)27-25(29-20)19-14-13-17-9-3-4-10-18(17)22(19)26-28-24-16(2)8-6-12-21(24)30-26/h3-14H,1-2H3. The number of hydrogen-bond donors (Lipinski definition) is 0. The minimum atomic E-state index is 0.569. The van der Waals surface area contributed by atoms with Gasteiger partial charge in [-0.25, -0.2) is 9.97 Å². The van der Waals surface area contributed by atoms with Crippen molar-refractivity contribution in [1.29, 1.82) is 0 Å². The van der Waals surface area contributed by atoms with Crippen LogP contribution in [0.3, 0.4) is 0 Å². The van der Waals surface area contributed by atoms with E-state index in [0.717, 1.165) is 55.2 Å². The van der Waals surface area contributed by atoms with E-state index in [9.17, 15) is 0 Å². The van der Waals surface area contributed by atoms with E-state index in [1.165, 1.54) is 0 Å². The average Bonchev–Trinajstić information content (AvgIpc) is 3.39. The summed E-state index contributed by atoms with van der Waals surface area (Å²) in [6.07, 6.45) is 0. The van der Waals surface area contributed by atoms with Crippen LogP contribution in [-0.2, 0) is 0 Å². The van der Waals surface area contributed by atoms with Gasteiger partial charge in [0.2, 0.25) is 11.8 Å². The zero-order valence-corrected chi connectivity index (χ0v) is 16.6. The molecular weight excluding hydrogens is 372 g/mol. The number of aromatic nitrogens is 2. The van der Waals surface area contributed by atoms with E-state index in [-0.39, 0.29) is 0 Å². The Morgan fingerprint density at radius 3 is 1.93 bits per heavy atom. The summed E-state index contributed by atoms with van der Waals surface area (Å²) >= 11 is 0. The smallest absolute Gasteiger partial charge is 0.228 e. The first-order chi connectivity index (χ1) is 14.7. The van der Waals surface area contributed by atoms with Gasteiger partial charge in [-0.05, 0) is 53.9 Å². The van der Waals surface area contributed by atoms with Gasteiger partial charge in [0.1, 0.15) is 11.0 Å². The van der Waals surface area contributed by atoms with E-state index in [1.54, 1.807) is 0 Å². The molecule has 2 heterocycles. The number of oxazole rings is 2. The minimum absolute atomic E-state index is 0.569. The fourth-order valence-corrected chi connectivity index (χ4v) is 4.07. The highest BCUT2D eigenvalue weighted by molar-refractivity contribution is 6.02. The van der Waals surface area contributed by atoms with Crippen molar-refractivity contribution in [1.82, 2.24) is 9.97 Å². The van der Waals surface area contributed by atoms with Gasteiger partial charge in [-0.2, -0.15) is 0 Å². The first kappa shape index (κ1) is 17.0. The van der Waals surface area contributed by atoms with Gasteiger partial charge < -0.3 is 8.83 Å². The van der Waals surface area contributed by atoms with Gasteiger partial charge in [-0.3, -0.25) is 0 Å². The maximum absolute atomic E-state index is 6.22. The van der Waals surface area contributed by atoms with Crippen molar-refractivity contribution in [3.8, 4) is 22.9 Å². The first-order valence-corrected chi connectivity index (χ1v) is 9.94. The Balaban J connectivity index is 1.70. The maximum Gasteiger partial charge on any atom is 0.228 e. The Bertz CT molecular complexity index is 1570. The molecule has 144 valence electrons. The van der Waals surface area contributed by atoms with E-state index in [4.69, 9.17) is 18.8 Å². The molecule has 4 nitrogen and oxygen atoms in total. The number of fused-ring (bicyclic) bond motifs is 3. The van der Waals surface area contributed by atoms with Gasteiger partial charge >= 0.3 is 0 Å². The number of aryl methyl sites for hydroxylation is 2. The molecule has 0 N–H and O–H groups in total. The van der Waals surface area contributed by atoms with Gasteiger partial charge in [-0.15, -0.1) is 0 Å². The third-order valence-corrected chi connectivity index (χ3v) is 5.61.